The number of fused-ring (bicyclic) bond motifs is 1. The van der Waals surface area contributed by atoms with Crippen molar-refractivity contribution in [2.75, 3.05) is 26.7 Å². The summed E-state index contributed by atoms with van der Waals surface area (Å²) in [5, 5.41) is 3.00. The maximum atomic E-state index is 12.7. The zero-order chi connectivity index (χ0) is 24.3. The largest absolute Gasteiger partial charge is 0.497 e. The highest BCUT2D eigenvalue weighted by Crippen LogP contribution is 2.18. The van der Waals surface area contributed by atoms with Crippen molar-refractivity contribution >= 4 is 22.8 Å². The van der Waals surface area contributed by atoms with Gasteiger partial charge in [-0.2, -0.15) is 0 Å². The van der Waals surface area contributed by atoms with Gasteiger partial charge in [-0.1, -0.05) is 30.7 Å². The summed E-state index contributed by atoms with van der Waals surface area (Å²) in [6, 6.07) is 15.5. The second kappa shape index (κ2) is 12.8. The lowest BCUT2D eigenvalue weighted by Crippen LogP contribution is -2.33. The van der Waals surface area contributed by atoms with Crippen LogP contribution in [0.2, 0.25) is 0 Å². The van der Waals surface area contributed by atoms with Gasteiger partial charge in [0.15, 0.2) is 0 Å². The van der Waals surface area contributed by atoms with Crippen LogP contribution in [0.4, 0.5) is 0 Å². The van der Waals surface area contributed by atoms with Gasteiger partial charge < -0.3 is 19.5 Å². The van der Waals surface area contributed by atoms with Crippen molar-refractivity contribution in [3.8, 4) is 5.75 Å². The predicted molar refractivity (Wildman–Crippen MR) is 135 cm³/mol. The molecule has 0 spiro atoms. The lowest BCUT2D eigenvalue weighted by Gasteiger charge is -2.20. The molecule has 0 saturated heterocycles. The molecule has 7 nitrogen and oxygen atoms in total. The van der Waals surface area contributed by atoms with E-state index in [4.69, 9.17) is 9.72 Å². The summed E-state index contributed by atoms with van der Waals surface area (Å²) in [5.41, 5.74) is 2.90. The number of likely N-dealkylation sites (N-methyl/N-ethyl adjacent to an activating group) is 1. The number of aromatic nitrogens is 2. The van der Waals surface area contributed by atoms with Crippen molar-refractivity contribution < 1.29 is 14.3 Å². The Labute approximate surface area is 202 Å². The molecule has 0 radical (unpaired) electrons. The molecule has 0 unspecified atom stereocenters. The van der Waals surface area contributed by atoms with Crippen LogP contribution in [0.5, 0.6) is 5.75 Å². The molecule has 3 aromatic rings. The van der Waals surface area contributed by atoms with E-state index in [2.05, 4.69) is 9.88 Å². The molecular weight excluding hydrogens is 428 g/mol. The Morgan fingerprint density at radius 1 is 1.00 bits per heavy atom. The molecule has 182 valence electrons. The van der Waals surface area contributed by atoms with E-state index in [-0.39, 0.29) is 11.8 Å². The highest BCUT2D eigenvalue weighted by atomic mass is 16.5. The van der Waals surface area contributed by atoms with Gasteiger partial charge in [-0.05, 0) is 56.5 Å². The van der Waals surface area contributed by atoms with Gasteiger partial charge >= 0.3 is 0 Å². The second-order valence-electron chi connectivity index (χ2n) is 8.35. The SMILES string of the molecule is CCN(CC)C(=O)Cn1c(CCCCCNC(=O)Cc2ccc(OC)cc2)nc2ccccc21. The van der Waals surface area contributed by atoms with Crippen molar-refractivity contribution in [2.45, 2.75) is 52.5 Å². The van der Waals surface area contributed by atoms with Gasteiger partial charge in [0.2, 0.25) is 11.8 Å². The fraction of sp³-hybridized carbons (Fsp3) is 0.444. The van der Waals surface area contributed by atoms with Gasteiger partial charge in [-0.3, -0.25) is 9.59 Å². The van der Waals surface area contributed by atoms with E-state index in [1.54, 1.807) is 7.11 Å². The van der Waals surface area contributed by atoms with E-state index in [1.165, 1.54) is 0 Å². The summed E-state index contributed by atoms with van der Waals surface area (Å²) in [6.07, 6.45) is 4.02. The van der Waals surface area contributed by atoms with Gasteiger partial charge in [-0.25, -0.2) is 4.98 Å². The van der Waals surface area contributed by atoms with Crippen LogP contribution in [0.25, 0.3) is 11.0 Å². The van der Waals surface area contributed by atoms with Gasteiger partial charge in [0.1, 0.15) is 18.1 Å². The number of amides is 2. The maximum absolute atomic E-state index is 12.7. The number of methoxy groups -OCH3 is 1. The van der Waals surface area contributed by atoms with E-state index in [0.717, 1.165) is 53.9 Å². The number of nitrogens with zero attached hydrogens (tertiary/aromatic N) is 3. The standard InChI is InChI=1S/C27H36N4O3/c1-4-30(5-2)27(33)20-31-24-12-9-8-11-23(24)29-25(31)13-7-6-10-18-28-26(32)19-21-14-16-22(34-3)17-15-21/h8-9,11-12,14-17H,4-7,10,13,18-20H2,1-3H3,(H,28,32). The second-order valence-corrected chi connectivity index (χ2v) is 8.35. The summed E-state index contributed by atoms with van der Waals surface area (Å²) in [7, 11) is 1.63. The van der Waals surface area contributed by atoms with Crippen LogP contribution < -0.4 is 10.1 Å². The molecule has 1 heterocycles. The molecule has 1 N–H and O–H groups in total. The molecule has 0 saturated carbocycles. The van der Waals surface area contributed by atoms with Gasteiger partial charge in [0.05, 0.1) is 24.6 Å². The maximum Gasteiger partial charge on any atom is 0.242 e. The molecule has 3 rings (SSSR count). The minimum absolute atomic E-state index is 0.0295. The van der Waals surface area contributed by atoms with Crippen LogP contribution in [0.3, 0.4) is 0 Å². The smallest absolute Gasteiger partial charge is 0.242 e. The van der Waals surface area contributed by atoms with Gasteiger partial charge in [0.25, 0.3) is 0 Å². The van der Waals surface area contributed by atoms with Crippen LogP contribution in [0, 0.1) is 0 Å². The van der Waals surface area contributed by atoms with E-state index in [9.17, 15) is 9.59 Å². The molecule has 7 heteroatoms. The number of hydrogen-bond acceptors (Lipinski definition) is 4. The summed E-state index contributed by atoms with van der Waals surface area (Å²) in [5.74, 6) is 1.89. The highest BCUT2D eigenvalue weighted by Gasteiger charge is 2.16. The summed E-state index contributed by atoms with van der Waals surface area (Å²) >= 11 is 0. The number of para-hydroxylation sites is 2. The normalized spacial score (nSPS) is 10.9. The summed E-state index contributed by atoms with van der Waals surface area (Å²) < 4.78 is 7.21. The topological polar surface area (TPSA) is 76.5 Å². The Bertz CT molecular complexity index is 1070. The van der Waals surface area contributed by atoms with Crippen LogP contribution in [-0.2, 0) is 29.0 Å². The Morgan fingerprint density at radius 2 is 1.74 bits per heavy atom. The summed E-state index contributed by atoms with van der Waals surface area (Å²) in [4.78, 5) is 31.6. The third-order valence-corrected chi connectivity index (χ3v) is 6.07. The summed E-state index contributed by atoms with van der Waals surface area (Å²) in [6.45, 7) is 6.40. The van der Waals surface area contributed by atoms with Crippen LogP contribution >= 0.6 is 0 Å². The van der Waals surface area contributed by atoms with Crippen LogP contribution in [0.15, 0.2) is 48.5 Å². The number of unbranched alkanes of at least 4 members (excludes halogenated alkanes) is 2. The number of rotatable bonds is 13. The Hall–Kier alpha value is -3.35. The Morgan fingerprint density at radius 3 is 2.44 bits per heavy atom. The third-order valence-electron chi connectivity index (χ3n) is 6.07. The van der Waals surface area contributed by atoms with Gasteiger partial charge in [-0.15, -0.1) is 0 Å². The number of imidazole rings is 1. The van der Waals surface area contributed by atoms with Crippen molar-refractivity contribution in [1.29, 1.82) is 0 Å². The van der Waals surface area contributed by atoms with E-state index < -0.39 is 0 Å². The highest BCUT2D eigenvalue weighted by molar-refractivity contribution is 5.81. The quantitative estimate of drug-likeness (QED) is 0.388. The van der Waals surface area contributed by atoms with E-state index in [0.29, 0.717) is 32.6 Å². The van der Waals surface area contributed by atoms with Gasteiger partial charge in [0, 0.05) is 26.1 Å². The Balaban J connectivity index is 1.46. The first kappa shape index (κ1) is 25.3. The third kappa shape index (κ3) is 6.83. The predicted octanol–water partition coefficient (Wildman–Crippen LogP) is 3.99. The molecule has 0 aliphatic carbocycles. The minimum atomic E-state index is 0.0295. The molecule has 0 atom stereocenters. The van der Waals surface area contributed by atoms with Crippen LogP contribution in [0.1, 0.15) is 44.5 Å². The number of hydrogen-bond donors (Lipinski definition) is 1. The number of carbonyl (C=O) groups is 2. The molecule has 34 heavy (non-hydrogen) atoms. The van der Waals surface area contributed by atoms with Crippen LogP contribution in [-0.4, -0.2) is 53.0 Å². The lowest BCUT2D eigenvalue weighted by atomic mass is 10.1. The van der Waals surface area contributed by atoms with E-state index in [1.807, 2.05) is 67.3 Å². The molecule has 0 aliphatic heterocycles. The zero-order valence-electron chi connectivity index (χ0n) is 20.5. The monoisotopic (exact) mass is 464 g/mol. The molecule has 1 aromatic heterocycles. The average molecular weight is 465 g/mol. The minimum Gasteiger partial charge on any atom is -0.497 e. The molecule has 2 amide bonds. The molecular formula is C27H36N4O3. The number of benzene rings is 2. The number of ether oxygens (including phenoxy) is 1. The van der Waals surface area contributed by atoms with Crippen molar-refractivity contribution in [3.05, 3.63) is 59.9 Å². The molecule has 0 aliphatic rings. The molecule has 0 bridgehead atoms. The fourth-order valence-corrected chi connectivity index (χ4v) is 4.11. The van der Waals surface area contributed by atoms with Crippen molar-refractivity contribution in [1.82, 2.24) is 19.8 Å². The van der Waals surface area contributed by atoms with Crippen molar-refractivity contribution in [3.63, 3.8) is 0 Å². The molecule has 2 aromatic carbocycles. The van der Waals surface area contributed by atoms with Crippen molar-refractivity contribution in [2.24, 2.45) is 0 Å². The molecule has 0 fully saturated rings. The van der Waals surface area contributed by atoms with E-state index >= 15 is 0 Å². The number of carbonyl (C=O) groups excluding carboxylic acids is 2. The number of aryl methyl sites for hydroxylation is 1. The first-order valence-electron chi connectivity index (χ1n) is 12.2. The fourth-order valence-electron chi connectivity index (χ4n) is 4.11. The lowest BCUT2D eigenvalue weighted by molar-refractivity contribution is -0.131. The first-order chi connectivity index (χ1) is 16.5. The zero-order valence-corrected chi connectivity index (χ0v) is 20.5. The average Bonchev–Trinajstić information content (AvgIpc) is 3.19. The Kier molecular flexibility index (Phi) is 9.50. The first-order valence-corrected chi connectivity index (χ1v) is 12.2. The number of nitrogens with one attached hydrogen (secondary N) is 1.